The molecule has 0 heterocycles. The second kappa shape index (κ2) is 14.7. The molecule has 1 aliphatic rings. The number of benzene rings is 3. The first-order valence-corrected chi connectivity index (χ1v) is 16.3. The first-order valence-electron chi connectivity index (χ1n) is 14.4. The van der Waals surface area contributed by atoms with Crippen molar-refractivity contribution in [3.63, 3.8) is 0 Å². The fourth-order valence-electron chi connectivity index (χ4n) is 5.12. The van der Waals surface area contributed by atoms with Gasteiger partial charge in [-0.1, -0.05) is 43.0 Å². The number of carbonyl (C=O) groups excluding carboxylic acids is 2. The fourth-order valence-corrected chi connectivity index (χ4v) is 6.75. The summed E-state index contributed by atoms with van der Waals surface area (Å²) in [5.41, 5.74) is 0.784. The van der Waals surface area contributed by atoms with Crippen LogP contribution in [0.2, 0.25) is 5.02 Å². The van der Waals surface area contributed by atoms with Crippen LogP contribution in [0.15, 0.2) is 77.7 Å². The highest BCUT2D eigenvalue weighted by atomic mass is 35.5. The number of halogens is 2. The molecule has 1 aliphatic carbocycles. The van der Waals surface area contributed by atoms with Gasteiger partial charge in [-0.05, 0) is 92.9 Å². The second-order valence-electron chi connectivity index (χ2n) is 10.6. The molecule has 43 heavy (non-hydrogen) atoms. The van der Waals surface area contributed by atoms with Gasteiger partial charge in [0.2, 0.25) is 11.8 Å². The van der Waals surface area contributed by atoms with Gasteiger partial charge in [0.25, 0.3) is 10.0 Å². The van der Waals surface area contributed by atoms with Gasteiger partial charge in [0, 0.05) is 17.6 Å². The van der Waals surface area contributed by atoms with E-state index in [9.17, 15) is 22.4 Å². The van der Waals surface area contributed by atoms with Crippen molar-refractivity contribution < 1.29 is 27.1 Å². The van der Waals surface area contributed by atoms with Crippen LogP contribution >= 0.6 is 11.6 Å². The average molecular weight is 630 g/mol. The standard InChI is InChI=1S/C32H37ClFN3O5S/c1-3-42-29-16-18-30(19-17-29)43(40,41)37(28-14-12-26(34)13-15-28)22-31(38)36(21-24-8-7-9-25(33)20-24)23(2)32(39)35-27-10-5-4-6-11-27/h7-9,12-20,23,27H,3-6,10-11,21-22H2,1-2H3,(H,35,39). The van der Waals surface area contributed by atoms with Crippen molar-refractivity contribution in [2.24, 2.45) is 0 Å². The number of carbonyl (C=O) groups is 2. The monoisotopic (exact) mass is 629 g/mol. The number of sulfonamides is 1. The maximum absolute atomic E-state index is 14.1. The summed E-state index contributed by atoms with van der Waals surface area (Å²) < 4.78 is 48.1. The van der Waals surface area contributed by atoms with Gasteiger partial charge in [-0.2, -0.15) is 0 Å². The SMILES string of the molecule is CCOc1ccc(S(=O)(=O)N(CC(=O)N(Cc2cccc(Cl)c2)C(C)C(=O)NC2CCCCC2)c2ccc(F)cc2)cc1. The summed E-state index contributed by atoms with van der Waals surface area (Å²) in [5, 5.41) is 3.54. The van der Waals surface area contributed by atoms with E-state index >= 15 is 0 Å². The maximum atomic E-state index is 14.1. The molecule has 1 saturated carbocycles. The molecule has 3 aromatic rings. The van der Waals surface area contributed by atoms with Gasteiger partial charge in [0.1, 0.15) is 24.2 Å². The molecular weight excluding hydrogens is 593 g/mol. The van der Waals surface area contributed by atoms with E-state index in [0.717, 1.165) is 48.5 Å². The Morgan fingerprint density at radius 3 is 2.33 bits per heavy atom. The van der Waals surface area contributed by atoms with Crippen molar-refractivity contribution in [1.82, 2.24) is 10.2 Å². The molecule has 2 amide bonds. The molecule has 11 heteroatoms. The average Bonchev–Trinajstić information content (AvgIpc) is 2.99. The van der Waals surface area contributed by atoms with Crippen molar-refractivity contribution >= 4 is 39.1 Å². The van der Waals surface area contributed by atoms with Crippen molar-refractivity contribution in [3.05, 3.63) is 89.2 Å². The molecule has 0 bridgehead atoms. The molecule has 0 spiro atoms. The van der Waals surface area contributed by atoms with Crippen molar-refractivity contribution in [3.8, 4) is 5.75 Å². The molecule has 8 nitrogen and oxygen atoms in total. The Hall–Kier alpha value is -3.63. The largest absolute Gasteiger partial charge is 0.494 e. The minimum atomic E-state index is -4.29. The predicted octanol–water partition coefficient (Wildman–Crippen LogP) is 5.94. The van der Waals surface area contributed by atoms with Gasteiger partial charge in [-0.25, -0.2) is 12.8 Å². The number of rotatable bonds is 12. The lowest BCUT2D eigenvalue weighted by Crippen LogP contribution is -2.53. The van der Waals surface area contributed by atoms with E-state index in [1.807, 2.05) is 6.92 Å². The fraction of sp³-hybridized carbons (Fsp3) is 0.375. The maximum Gasteiger partial charge on any atom is 0.264 e. The first-order chi connectivity index (χ1) is 20.6. The Kier molecular flexibility index (Phi) is 11.0. The number of amides is 2. The molecule has 0 saturated heterocycles. The molecule has 1 N–H and O–H groups in total. The van der Waals surface area contributed by atoms with Crippen LogP contribution < -0.4 is 14.4 Å². The van der Waals surface area contributed by atoms with Gasteiger partial charge in [0.15, 0.2) is 0 Å². The summed E-state index contributed by atoms with van der Waals surface area (Å²) in [4.78, 5) is 28.7. The molecule has 0 aromatic heterocycles. The van der Waals surface area contributed by atoms with Gasteiger partial charge >= 0.3 is 0 Å². The van der Waals surface area contributed by atoms with Crippen LogP contribution in [-0.4, -0.2) is 50.4 Å². The predicted molar refractivity (Wildman–Crippen MR) is 165 cm³/mol. The third kappa shape index (κ3) is 8.48. The van der Waals surface area contributed by atoms with Gasteiger partial charge in [-0.15, -0.1) is 0 Å². The van der Waals surface area contributed by atoms with Crippen LogP contribution in [0, 0.1) is 5.82 Å². The van der Waals surface area contributed by atoms with Gasteiger partial charge < -0.3 is 15.0 Å². The molecule has 230 valence electrons. The lowest BCUT2D eigenvalue weighted by molar-refractivity contribution is -0.139. The number of anilines is 1. The number of hydrogen-bond donors (Lipinski definition) is 1. The van der Waals surface area contributed by atoms with Gasteiger partial charge in [0.05, 0.1) is 17.2 Å². The zero-order valence-corrected chi connectivity index (χ0v) is 25.9. The third-order valence-corrected chi connectivity index (χ3v) is 9.50. The molecule has 4 rings (SSSR count). The molecule has 0 radical (unpaired) electrons. The van der Waals surface area contributed by atoms with E-state index in [0.29, 0.717) is 22.9 Å². The Balaban J connectivity index is 1.67. The summed E-state index contributed by atoms with van der Waals surface area (Å²) >= 11 is 6.20. The Morgan fingerprint density at radius 1 is 1.02 bits per heavy atom. The minimum absolute atomic E-state index is 0.0268. The zero-order valence-electron chi connectivity index (χ0n) is 24.3. The van der Waals surface area contributed by atoms with Crippen LogP contribution in [0.5, 0.6) is 5.75 Å². The van der Waals surface area contributed by atoms with Crippen molar-refractivity contribution in [1.29, 1.82) is 0 Å². The number of hydrogen-bond acceptors (Lipinski definition) is 5. The van der Waals surface area contributed by atoms with Crippen LogP contribution in [-0.2, 0) is 26.2 Å². The lowest BCUT2D eigenvalue weighted by Gasteiger charge is -2.33. The van der Waals surface area contributed by atoms with Crippen LogP contribution in [0.25, 0.3) is 0 Å². The van der Waals surface area contributed by atoms with E-state index in [1.165, 1.54) is 41.3 Å². The molecule has 1 fully saturated rings. The van der Waals surface area contributed by atoms with E-state index < -0.39 is 34.3 Å². The quantitative estimate of drug-likeness (QED) is 0.268. The highest BCUT2D eigenvalue weighted by molar-refractivity contribution is 7.92. The van der Waals surface area contributed by atoms with Crippen LogP contribution in [0.3, 0.4) is 0 Å². The molecular formula is C32H37ClFN3O5S. The topological polar surface area (TPSA) is 96.0 Å². The summed E-state index contributed by atoms with van der Waals surface area (Å²) in [6, 6.07) is 16.8. The summed E-state index contributed by atoms with van der Waals surface area (Å²) in [6.45, 7) is 3.26. The van der Waals surface area contributed by atoms with Crippen molar-refractivity contribution in [2.75, 3.05) is 17.5 Å². The number of nitrogens with zero attached hydrogens (tertiary/aromatic N) is 2. The second-order valence-corrected chi connectivity index (χ2v) is 12.9. The number of nitrogens with one attached hydrogen (secondary N) is 1. The normalized spacial score (nSPS) is 14.5. The van der Waals surface area contributed by atoms with Gasteiger partial charge in [-0.3, -0.25) is 13.9 Å². The van der Waals surface area contributed by atoms with Crippen LogP contribution in [0.4, 0.5) is 10.1 Å². The number of ether oxygens (including phenoxy) is 1. The van der Waals surface area contributed by atoms with Crippen LogP contribution in [0.1, 0.15) is 51.5 Å². The molecule has 1 unspecified atom stereocenters. The Bertz CT molecular complexity index is 1500. The summed E-state index contributed by atoms with van der Waals surface area (Å²) in [7, 11) is -4.29. The minimum Gasteiger partial charge on any atom is -0.494 e. The first kappa shape index (κ1) is 32.3. The third-order valence-electron chi connectivity index (χ3n) is 7.48. The Labute approximate surface area is 257 Å². The smallest absolute Gasteiger partial charge is 0.264 e. The highest BCUT2D eigenvalue weighted by Crippen LogP contribution is 2.27. The van der Waals surface area contributed by atoms with E-state index in [1.54, 1.807) is 31.2 Å². The zero-order chi connectivity index (χ0) is 31.0. The molecule has 1 atom stereocenters. The molecule has 0 aliphatic heterocycles. The summed E-state index contributed by atoms with van der Waals surface area (Å²) in [6.07, 6.45) is 4.93. The summed E-state index contributed by atoms with van der Waals surface area (Å²) in [5.74, 6) is -0.976. The lowest BCUT2D eigenvalue weighted by atomic mass is 9.95. The van der Waals surface area contributed by atoms with E-state index in [4.69, 9.17) is 16.3 Å². The van der Waals surface area contributed by atoms with E-state index in [2.05, 4.69) is 5.32 Å². The molecule has 3 aromatic carbocycles. The highest BCUT2D eigenvalue weighted by Gasteiger charge is 2.33. The van der Waals surface area contributed by atoms with Crippen molar-refractivity contribution in [2.45, 2.75) is 69.5 Å². The Morgan fingerprint density at radius 2 is 1.70 bits per heavy atom. The van der Waals surface area contributed by atoms with E-state index in [-0.39, 0.29) is 29.1 Å².